The van der Waals surface area contributed by atoms with Gasteiger partial charge in [-0.05, 0) is 24.5 Å². The summed E-state index contributed by atoms with van der Waals surface area (Å²) in [5.74, 6) is -1.02. The largest absolute Gasteiger partial charge is 0.452 e. The van der Waals surface area contributed by atoms with Crippen LogP contribution in [0, 0.1) is 0 Å². The lowest BCUT2D eigenvalue weighted by Crippen LogP contribution is -2.35. The predicted octanol–water partition coefficient (Wildman–Crippen LogP) is 3.39. The molecule has 130 valence electrons. The van der Waals surface area contributed by atoms with E-state index in [-0.39, 0.29) is 33.7 Å². The van der Waals surface area contributed by atoms with Crippen molar-refractivity contribution in [3.8, 4) is 0 Å². The molecule has 1 aliphatic carbocycles. The normalized spacial score (nSPS) is 14.6. The third-order valence-electron chi connectivity index (χ3n) is 4.23. The number of nitrogens with one attached hydrogen (secondary N) is 1. The van der Waals surface area contributed by atoms with Crippen molar-refractivity contribution in [2.24, 2.45) is 0 Å². The zero-order valence-electron chi connectivity index (χ0n) is 13.3. The Kier molecular flexibility index (Phi) is 5.25. The van der Waals surface area contributed by atoms with Crippen LogP contribution in [0.4, 0.5) is 0 Å². The highest BCUT2D eigenvalue weighted by molar-refractivity contribution is 6.41. The first-order chi connectivity index (χ1) is 12.0. The minimum absolute atomic E-state index is 0.00849. The number of nitrogens with zero attached hydrogens (tertiary/aromatic N) is 1. The molecule has 1 heterocycles. The van der Waals surface area contributed by atoms with Gasteiger partial charge in [0, 0.05) is 18.2 Å². The number of rotatable bonds is 6. The van der Waals surface area contributed by atoms with Crippen LogP contribution in [0.1, 0.15) is 28.8 Å². The van der Waals surface area contributed by atoms with Gasteiger partial charge in [-0.2, -0.15) is 0 Å². The molecule has 0 spiro atoms. The number of carbonyl (C=O) groups is 2. The van der Waals surface area contributed by atoms with Gasteiger partial charge in [-0.25, -0.2) is 9.78 Å². The second kappa shape index (κ2) is 7.42. The van der Waals surface area contributed by atoms with Gasteiger partial charge in [0.25, 0.3) is 5.91 Å². The molecular formula is C18H16Cl2N2O3. The first kappa shape index (κ1) is 17.7. The molecule has 1 aromatic heterocycles. The third kappa shape index (κ3) is 4.30. The molecule has 0 unspecified atom stereocenters. The maximum Gasteiger partial charge on any atom is 0.340 e. The molecule has 1 aromatic carbocycles. The number of amides is 1. The summed E-state index contributed by atoms with van der Waals surface area (Å²) < 4.78 is 4.98. The van der Waals surface area contributed by atoms with Crippen molar-refractivity contribution in [2.75, 3.05) is 13.2 Å². The summed E-state index contributed by atoms with van der Waals surface area (Å²) in [6.07, 6.45) is 3.32. The monoisotopic (exact) mass is 378 g/mol. The van der Waals surface area contributed by atoms with E-state index in [0.717, 1.165) is 12.8 Å². The Bertz CT molecular complexity index is 792. The van der Waals surface area contributed by atoms with Crippen LogP contribution in [0.3, 0.4) is 0 Å². The van der Waals surface area contributed by atoms with Crippen LogP contribution in [0.15, 0.2) is 42.6 Å². The molecule has 25 heavy (non-hydrogen) atoms. The first-order valence-electron chi connectivity index (χ1n) is 7.81. The topological polar surface area (TPSA) is 68.3 Å². The highest BCUT2D eigenvalue weighted by Crippen LogP contribution is 2.47. The summed E-state index contributed by atoms with van der Waals surface area (Å²) in [5.41, 5.74) is 1.37. The summed E-state index contributed by atoms with van der Waals surface area (Å²) in [7, 11) is 0. The molecule has 1 amide bonds. The Labute approximate surface area is 155 Å². The van der Waals surface area contributed by atoms with E-state index >= 15 is 0 Å². The lowest BCUT2D eigenvalue weighted by Gasteiger charge is -2.16. The molecule has 1 aliphatic rings. The molecular weight excluding hydrogens is 363 g/mol. The van der Waals surface area contributed by atoms with E-state index in [4.69, 9.17) is 27.9 Å². The van der Waals surface area contributed by atoms with Gasteiger partial charge in [0.2, 0.25) is 0 Å². The number of benzene rings is 1. The Morgan fingerprint density at radius 2 is 1.92 bits per heavy atom. The maximum absolute atomic E-state index is 12.0. The number of hydrogen-bond donors (Lipinski definition) is 1. The van der Waals surface area contributed by atoms with Crippen LogP contribution in [0.5, 0.6) is 0 Å². The third-order valence-corrected chi connectivity index (χ3v) is 4.92. The molecule has 0 bridgehead atoms. The van der Waals surface area contributed by atoms with Gasteiger partial charge in [-0.3, -0.25) is 4.79 Å². The average Bonchev–Trinajstić information content (AvgIpc) is 3.42. The molecule has 1 saturated carbocycles. The Morgan fingerprint density at radius 3 is 2.56 bits per heavy atom. The fourth-order valence-corrected chi connectivity index (χ4v) is 2.85. The standard InChI is InChI=1S/C18H16Cl2N2O3/c19-14-8-12(9-21-16(14)20)17(24)25-10-15(23)22-11-18(6-7-18)13-4-2-1-3-5-13/h1-5,8-9H,6-7,10-11H2,(H,22,23). The lowest BCUT2D eigenvalue weighted by molar-refractivity contribution is -0.124. The fraction of sp³-hybridized carbons (Fsp3) is 0.278. The van der Waals surface area contributed by atoms with Gasteiger partial charge in [0.1, 0.15) is 5.15 Å². The fourth-order valence-electron chi connectivity index (χ4n) is 2.58. The van der Waals surface area contributed by atoms with Gasteiger partial charge in [-0.15, -0.1) is 0 Å². The van der Waals surface area contributed by atoms with Crippen molar-refractivity contribution in [2.45, 2.75) is 18.3 Å². The summed E-state index contributed by atoms with van der Waals surface area (Å²) >= 11 is 11.5. The Morgan fingerprint density at radius 1 is 1.20 bits per heavy atom. The van der Waals surface area contributed by atoms with E-state index in [9.17, 15) is 9.59 Å². The molecule has 2 aromatic rings. The summed E-state index contributed by atoms with van der Waals surface area (Å²) in [4.78, 5) is 27.6. The van der Waals surface area contributed by atoms with Crippen LogP contribution >= 0.6 is 23.2 Å². The van der Waals surface area contributed by atoms with Gasteiger partial charge >= 0.3 is 5.97 Å². The minimum Gasteiger partial charge on any atom is -0.452 e. The average molecular weight is 379 g/mol. The molecule has 0 aliphatic heterocycles. The first-order valence-corrected chi connectivity index (χ1v) is 8.56. The van der Waals surface area contributed by atoms with Crippen molar-refractivity contribution in [3.63, 3.8) is 0 Å². The number of halogens is 2. The van der Waals surface area contributed by atoms with Gasteiger partial charge in [-0.1, -0.05) is 53.5 Å². The highest BCUT2D eigenvalue weighted by atomic mass is 35.5. The zero-order valence-corrected chi connectivity index (χ0v) is 14.8. The second-order valence-electron chi connectivity index (χ2n) is 6.00. The van der Waals surface area contributed by atoms with E-state index < -0.39 is 5.97 Å². The molecule has 7 heteroatoms. The van der Waals surface area contributed by atoms with Gasteiger partial charge in [0.05, 0.1) is 10.6 Å². The number of esters is 1. The van der Waals surface area contributed by atoms with Crippen LogP contribution in [-0.2, 0) is 14.9 Å². The van der Waals surface area contributed by atoms with Crippen molar-refractivity contribution >= 4 is 35.1 Å². The van der Waals surface area contributed by atoms with E-state index in [1.165, 1.54) is 17.8 Å². The van der Waals surface area contributed by atoms with E-state index in [0.29, 0.717) is 6.54 Å². The Balaban J connectivity index is 1.48. The van der Waals surface area contributed by atoms with E-state index in [1.54, 1.807) is 0 Å². The second-order valence-corrected chi connectivity index (χ2v) is 6.76. The predicted molar refractivity (Wildman–Crippen MR) is 94.9 cm³/mol. The molecule has 0 atom stereocenters. The van der Waals surface area contributed by atoms with Crippen LogP contribution < -0.4 is 5.32 Å². The summed E-state index contributed by atoms with van der Waals surface area (Å²) in [5, 5.41) is 3.09. The van der Waals surface area contributed by atoms with E-state index in [1.807, 2.05) is 18.2 Å². The van der Waals surface area contributed by atoms with E-state index in [2.05, 4.69) is 22.4 Å². The molecule has 1 fully saturated rings. The molecule has 3 rings (SSSR count). The van der Waals surface area contributed by atoms with Crippen LogP contribution in [0.25, 0.3) is 0 Å². The number of hydrogen-bond acceptors (Lipinski definition) is 4. The van der Waals surface area contributed by atoms with Crippen molar-refractivity contribution in [1.29, 1.82) is 0 Å². The lowest BCUT2D eigenvalue weighted by atomic mass is 9.96. The van der Waals surface area contributed by atoms with Gasteiger partial charge in [0.15, 0.2) is 6.61 Å². The number of carbonyl (C=O) groups excluding carboxylic acids is 2. The SMILES string of the molecule is O=C(COC(=O)c1cnc(Cl)c(Cl)c1)NCC1(c2ccccc2)CC1. The Hall–Kier alpha value is -2.11. The molecule has 0 saturated heterocycles. The van der Waals surface area contributed by atoms with Crippen LogP contribution in [0.2, 0.25) is 10.2 Å². The number of aromatic nitrogens is 1. The van der Waals surface area contributed by atoms with Crippen molar-refractivity contribution in [1.82, 2.24) is 10.3 Å². The molecule has 1 N–H and O–H groups in total. The zero-order chi connectivity index (χ0) is 17.9. The quantitative estimate of drug-likeness (QED) is 0.617. The number of ether oxygens (including phenoxy) is 1. The molecule has 5 nitrogen and oxygen atoms in total. The maximum atomic E-state index is 12.0. The summed E-state index contributed by atoms with van der Waals surface area (Å²) in [6.45, 7) is 0.172. The number of pyridine rings is 1. The highest BCUT2D eigenvalue weighted by Gasteiger charge is 2.44. The van der Waals surface area contributed by atoms with Crippen LogP contribution in [-0.4, -0.2) is 30.0 Å². The van der Waals surface area contributed by atoms with Crippen molar-refractivity contribution < 1.29 is 14.3 Å². The van der Waals surface area contributed by atoms with Crippen molar-refractivity contribution in [3.05, 3.63) is 63.9 Å². The summed E-state index contributed by atoms with van der Waals surface area (Å²) in [6, 6.07) is 11.4. The minimum atomic E-state index is -0.676. The molecule has 0 radical (unpaired) electrons. The van der Waals surface area contributed by atoms with Gasteiger partial charge < -0.3 is 10.1 Å². The smallest absolute Gasteiger partial charge is 0.340 e.